The van der Waals surface area contributed by atoms with Crippen molar-refractivity contribution in [1.29, 1.82) is 0 Å². The molecule has 0 aliphatic carbocycles. The summed E-state index contributed by atoms with van der Waals surface area (Å²) in [6.07, 6.45) is 0. The number of benzene rings is 2. The Morgan fingerprint density at radius 2 is 1.57 bits per heavy atom. The SMILES string of the molecule is Cc1ccc(S(=O)(=O)Nc2nc3ccc(S(=O)(=O)N4CCN(C)CC4)cc3s2)cc1. The lowest BCUT2D eigenvalue weighted by Crippen LogP contribution is -2.46. The third-order valence-corrected chi connectivity index (χ3v) is 9.33. The predicted molar refractivity (Wildman–Crippen MR) is 118 cm³/mol. The molecule has 0 saturated carbocycles. The number of nitrogens with zero attached hydrogens (tertiary/aromatic N) is 3. The van der Waals surface area contributed by atoms with Crippen LogP contribution < -0.4 is 4.72 Å². The van der Waals surface area contributed by atoms with Crippen molar-refractivity contribution in [2.24, 2.45) is 0 Å². The number of aromatic nitrogens is 1. The van der Waals surface area contributed by atoms with Crippen molar-refractivity contribution in [2.45, 2.75) is 16.7 Å². The van der Waals surface area contributed by atoms with Crippen LogP contribution in [0, 0.1) is 6.92 Å². The highest BCUT2D eigenvalue weighted by atomic mass is 32.2. The molecule has 3 aromatic rings. The van der Waals surface area contributed by atoms with Crippen LogP contribution in [0.1, 0.15) is 5.56 Å². The minimum absolute atomic E-state index is 0.144. The Kier molecular flexibility index (Phi) is 5.58. The van der Waals surface area contributed by atoms with Crippen LogP contribution in [0.5, 0.6) is 0 Å². The molecule has 0 bridgehead atoms. The smallest absolute Gasteiger partial charge is 0.263 e. The van der Waals surface area contributed by atoms with Crippen molar-refractivity contribution in [1.82, 2.24) is 14.2 Å². The molecular formula is C19H22N4O4S3. The van der Waals surface area contributed by atoms with E-state index in [-0.39, 0.29) is 14.9 Å². The van der Waals surface area contributed by atoms with Crippen molar-refractivity contribution >= 4 is 46.7 Å². The van der Waals surface area contributed by atoms with Crippen LogP contribution in [0.4, 0.5) is 5.13 Å². The maximum Gasteiger partial charge on any atom is 0.263 e. The van der Waals surface area contributed by atoms with Crippen molar-refractivity contribution in [3.05, 3.63) is 48.0 Å². The molecular weight excluding hydrogens is 444 g/mol. The molecule has 1 aromatic heterocycles. The average molecular weight is 467 g/mol. The van der Waals surface area contributed by atoms with Crippen LogP contribution in [0.15, 0.2) is 52.3 Å². The van der Waals surface area contributed by atoms with Crippen LogP contribution >= 0.6 is 11.3 Å². The highest BCUT2D eigenvalue weighted by Crippen LogP contribution is 2.30. The first-order chi connectivity index (χ1) is 14.1. The van der Waals surface area contributed by atoms with Crippen LogP contribution in [0.25, 0.3) is 10.2 Å². The maximum atomic E-state index is 13.0. The molecule has 1 saturated heterocycles. The molecule has 8 nitrogen and oxygen atoms in total. The zero-order valence-corrected chi connectivity index (χ0v) is 19.0. The molecule has 11 heteroatoms. The van der Waals surface area contributed by atoms with Gasteiger partial charge in [0.15, 0.2) is 5.13 Å². The fourth-order valence-corrected chi connectivity index (χ4v) is 6.84. The molecule has 2 heterocycles. The van der Waals surface area contributed by atoms with E-state index in [0.717, 1.165) is 16.9 Å². The summed E-state index contributed by atoms with van der Waals surface area (Å²) in [6, 6.07) is 11.2. The normalized spacial score (nSPS) is 16.7. The van der Waals surface area contributed by atoms with E-state index in [2.05, 4.69) is 14.6 Å². The molecule has 1 N–H and O–H groups in total. The molecule has 0 amide bonds. The first-order valence-corrected chi connectivity index (χ1v) is 13.1. The van der Waals surface area contributed by atoms with Crippen LogP contribution in [-0.2, 0) is 20.0 Å². The van der Waals surface area contributed by atoms with E-state index < -0.39 is 20.0 Å². The Morgan fingerprint density at radius 3 is 2.23 bits per heavy atom. The van der Waals surface area contributed by atoms with Crippen molar-refractivity contribution in [2.75, 3.05) is 37.9 Å². The summed E-state index contributed by atoms with van der Waals surface area (Å²) in [5.74, 6) is 0. The summed E-state index contributed by atoms with van der Waals surface area (Å²) in [7, 11) is -5.41. The topological polar surface area (TPSA) is 99.7 Å². The average Bonchev–Trinajstić information content (AvgIpc) is 3.09. The second-order valence-electron chi connectivity index (χ2n) is 7.27. The molecule has 2 aromatic carbocycles. The second kappa shape index (κ2) is 7.89. The van der Waals surface area contributed by atoms with Gasteiger partial charge in [0.2, 0.25) is 10.0 Å². The minimum Gasteiger partial charge on any atom is -0.304 e. The first-order valence-electron chi connectivity index (χ1n) is 9.34. The molecule has 1 fully saturated rings. The number of nitrogens with one attached hydrogen (secondary N) is 1. The zero-order chi connectivity index (χ0) is 21.5. The number of piperazine rings is 1. The van der Waals surface area contributed by atoms with Crippen LogP contribution in [0.3, 0.4) is 0 Å². The number of rotatable bonds is 5. The van der Waals surface area contributed by atoms with Gasteiger partial charge < -0.3 is 4.90 Å². The maximum absolute atomic E-state index is 13.0. The van der Waals surface area contributed by atoms with Gasteiger partial charge in [-0.2, -0.15) is 4.31 Å². The largest absolute Gasteiger partial charge is 0.304 e. The van der Waals surface area contributed by atoms with Crippen molar-refractivity contribution < 1.29 is 16.8 Å². The van der Waals surface area contributed by atoms with Crippen molar-refractivity contribution in [3.8, 4) is 0 Å². The van der Waals surface area contributed by atoms with E-state index in [0.29, 0.717) is 36.4 Å². The molecule has 0 spiro atoms. The van der Waals surface area contributed by atoms with Gasteiger partial charge in [-0.15, -0.1) is 0 Å². The van der Waals surface area contributed by atoms with Gasteiger partial charge in [-0.05, 0) is 44.3 Å². The minimum atomic E-state index is -3.77. The lowest BCUT2D eigenvalue weighted by molar-refractivity contribution is 0.222. The number of likely N-dealkylation sites (N-methyl/N-ethyl adjacent to an activating group) is 1. The van der Waals surface area contributed by atoms with E-state index in [4.69, 9.17) is 0 Å². The standard InChI is InChI=1S/C19H22N4O4S3/c1-14-3-5-15(6-4-14)29(24,25)21-19-20-17-8-7-16(13-18(17)28-19)30(26,27)23-11-9-22(2)10-12-23/h3-8,13H,9-12H2,1-2H3,(H,20,21). The van der Waals surface area contributed by atoms with Gasteiger partial charge in [0.25, 0.3) is 10.0 Å². The quantitative estimate of drug-likeness (QED) is 0.620. The van der Waals surface area contributed by atoms with E-state index in [1.807, 2.05) is 14.0 Å². The fourth-order valence-electron chi connectivity index (χ4n) is 3.18. The number of hydrogen-bond donors (Lipinski definition) is 1. The van der Waals surface area contributed by atoms with Crippen molar-refractivity contribution in [3.63, 3.8) is 0 Å². The molecule has 4 rings (SSSR count). The highest BCUT2D eigenvalue weighted by Gasteiger charge is 2.28. The Bertz CT molecular complexity index is 1280. The summed E-state index contributed by atoms with van der Waals surface area (Å²) in [6.45, 7) is 4.15. The Balaban J connectivity index is 1.60. The fraction of sp³-hybridized carbons (Fsp3) is 0.316. The monoisotopic (exact) mass is 466 g/mol. The van der Waals surface area contributed by atoms with Crippen LogP contribution in [0.2, 0.25) is 0 Å². The number of aryl methyl sites for hydroxylation is 1. The van der Waals surface area contributed by atoms with Gasteiger partial charge >= 0.3 is 0 Å². The Labute approximate surface area is 180 Å². The van der Waals surface area contributed by atoms with E-state index >= 15 is 0 Å². The summed E-state index contributed by atoms with van der Waals surface area (Å²) in [5, 5.41) is 0.194. The first kappa shape index (κ1) is 21.2. The van der Waals surface area contributed by atoms with E-state index in [9.17, 15) is 16.8 Å². The van der Waals surface area contributed by atoms with Gasteiger partial charge in [-0.3, -0.25) is 4.72 Å². The number of sulfonamides is 2. The number of anilines is 1. The number of fused-ring (bicyclic) bond motifs is 1. The lowest BCUT2D eigenvalue weighted by atomic mass is 10.2. The van der Waals surface area contributed by atoms with E-state index in [1.54, 1.807) is 24.3 Å². The Hall–Kier alpha value is -2.05. The summed E-state index contributed by atoms with van der Waals surface area (Å²) in [5.41, 5.74) is 1.50. The molecule has 0 unspecified atom stereocenters. The molecule has 1 aliphatic rings. The Morgan fingerprint density at radius 1 is 0.933 bits per heavy atom. The third-order valence-electron chi connectivity index (χ3n) is 5.01. The molecule has 0 atom stereocenters. The summed E-state index contributed by atoms with van der Waals surface area (Å²) in [4.78, 5) is 6.72. The molecule has 30 heavy (non-hydrogen) atoms. The number of hydrogen-bond acceptors (Lipinski definition) is 7. The third kappa shape index (κ3) is 4.21. The number of thiazole rings is 1. The van der Waals surface area contributed by atoms with E-state index in [1.165, 1.54) is 22.5 Å². The lowest BCUT2D eigenvalue weighted by Gasteiger charge is -2.31. The van der Waals surface area contributed by atoms with Gasteiger partial charge in [0.05, 0.1) is 20.0 Å². The molecule has 160 valence electrons. The zero-order valence-electron chi connectivity index (χ0n) is 16.6. The van der Waals surface area contributed by atoms with Gasteiger partial charge in [-0.1, -0.05) is 29.0 Å². The van der Waals surface area contributed by atoms with Gasteiger partial charge in [-0.25, -0.2) is 21.8 Å². The predicted octanol–water partition coefficient (Wildman–Crippen LogP) is 2.34. The molecule has 1 aliphatic heterocycles. The molecule has 0 radical (unpaired) electrons. The summed E-state index contributed by atoms with van der Waals surface area (Å²) < 4.78 is 55.7. The summed E-state index contributed by atoms with van der Waals surface area (Å²) >= 11 is 1.11. The van der Waals surface area contributed by atoms with Gasteiger partial charge in [0.1, 0.15) is 0 Å². The van der Waals surface area contributed by atoms with Gasteiger partial charge in [0, 0.05) is 26.2 Å². The van der Waals surface area contributed by atoms with Crippen LogP contribution in [-0.4, -0.2) is 64.3 Å². The highest BCUT2D eigenvalue weighted by molar-refractivity contribution is 7.93. The second-order valence-corrected chi connectivity index (χ2v) is 11.9.